The van der Waals surface area contributed by atoms with Crippen LogP contribution in [0.5, 0.6) is 0 Å². The molecule has 7 nitrogen and oxygen atoms in total. The lowest BCUT2D eigenvalue weighted by molar-refractivity contribution is -0.138. The summed E-state index contributed by atoms with van der Waals surface area (Å²) in [5.41, 5.74) is 2.62. The number of carboxylic acid groups (broad SMARTS) is 1. The van der Waals surface area contributed by atoms with Gasteiger partial charge in [-0.25, -0.2) is 4.98 Å². The minimum absolute atomic E-state index is 0.000181. The number of rotatable bonds is 4. The maximum atomic E-state index is 13.6. The summed E-state index contributed by atoms with van der Waals surface area (Å²) in [7, 11) is 0. The topological polar surface area (TPSA) is 96.5 Å². The summed E-state index contributed by atoms with van der Waals surface area (Å²) >= 11 is 0. The summed E-state index contributed by atoms with van der Waals surface area (Å²) in [6.45, 7) is 2.46. The Morgan fingerprint density at radius 1 is 1.37 bits per heavy atom. The van der Waals surface area contributed by atoms with Gasteiger partial charge in [-0.3, -0.25) is 9.59 Å². The number of hydrogen-bond donors (Lipinski definition) is 1. The van der Waals surface area contributed by atoms with Gasteiger partial charge in [-0.2, -0.15) is 0 Å². The van der Waals surface area contributed by atoms with Crippen molar-refractivity contribution in [2.24, 2.45) is 5.41 Å². The Morgan fingerprint density at radius 3 is 2.78 bits per heavy atom. The predicted octanol–water partition coefficient (Wildman–Crippen LogP) is 3.27. The molecule has 2 aromatic rings. The second-order valence-electron chi connectivity index (χ2n) is 8.56. The van der Waals surface area contributed by atoms with Crippen molar-refractivity contribution in [1.82, 2.24) is 15.0 Å². The van der Waals surface area contributed by atoms with Crippen LogP contribution in [0, 0.1) is 12.3 Å². The molecule has 1 saturated heterocycles. The van der Waals surface area contributed by atoms with Gasteiger partial charge in [0.1, 0.15) is 0 Å². The first-order chi connectivity index (χ1) is 13.0. The number of amides is 1. The van der Waals surface area contributed by atoms with E-state index in [9.17, 15) is 14.7 Å². The van der Waals surface area contributed by atoms with Crippen molar-refractivity contribution in [3.05, 3.63) is 23.0 Å². The van der Waals surface area contributed by atoms with Crippen LogP contribution in [0.3, 0.4) is 0 Å². The number of aromatic nitrogens is 2. The molecule has 3 aliphatic rings. The Balaban J connectivity index is 1.56. The zero-order valence-corrected chi connectivity index (χ0v) is 15.4. The predicted molar refractivity (Wildman–Crippen MR) is 96.5 cm³/mol. The van der Waals surface area contributed by atoms with Crippen LogP contribution in [0.2, 0.25) is 0 Å². The van der Waals surface area contributed by atoms with Crippen LogP contribution in [0.25, 0.3) is 11.1 Å². The number of carboxylic acids is 1. The fraction of sp³-hybridized carbons (Fsp3) is 0.600. The van der Waals surface area contributed by atoms with Gasteiger partial charge in [0, 0.05) is 24.2 Å². The van der Waals surface area contributed by atoms with E-state index in [0.717, 1.165) is 44.2 Å². The second-order valence-corrected chi connectivity index (χ2v) is 8.56. The highest BCUT2D eigenvalue weighted by Crippen LogP contribution is 2.51. The zero-order valence-electron chi connectivity index (χ0n) is 15.4. The lowest BCUT2D eigenvalue weighted by Crippen LogP contribution is -2.39. The Morgan fingerprint density at radius 2 is 2.15 bits per heavy atom. The van der Waals surface area contributed by atoms with Gasteiger partial charge in [-0.05, 0) is 50.5 Å². The monoisotopic (exact) mass is 369 g/mol. The fourth-order valence-corrected chi connectivity index (χ4v) is 4.85. The van der Waals surface area contributed by atoms with Gasteiger partial charge in [-0.1, -0.05) is 11.6 Å². The molecule has 0 aromatic carbocycles. The number of aliphatic carboxylic acids is 1. The van der Waals surface area contributed by atoms with Crippen molar-refractivity contribution >= 4 is 23.0 Å². The van der Waals surface area contributed by atoms with Crippen molar-refractivity contribution in [1.29, 1.82) is 0 Å². The summed E-state index contributed by atoms with van der Waals surface area (Å²) in [5.74, 6) is -0.572. The maximum Gasteiger partial charge on any atom is 0.305 e. The number of carbonyl (C=O) groups excluding carboxylic acids is 1. The van der Waals surface area contributed by atoms with Gasteiger partial charge in [0.2, 0.25) is 0 Å². The molecule has 1 spiro atoms. The van der Waals surface area contributed by atoms with Gasteiger partial charge in [0.15, 0.2) is 0 Å². The number of aryl methyl sites for hydroxylation is 1. The highest BCUT2D eigenvalue weighted by atomic mass is 16.5. The average molecular weight is 369 g/mol. The molecule has 1 N–H and O–H groups in total. The number of fused-ring (bicyclic) bond motifs is 1. The minimum Gasteiger partial charge on any atom is -0.481 e. The molecule has 3 heterocycles. The Hall–Kier alpha value is -2.44. The molecule has 1 amide bonds. The highest BCUT2D eigenvalue weighted by Gasteiger charge is 2.50. The first-order valence-corrected chi connectivity index (χ1v) is 9.75. The highest BCUT2D eigenvalue weighted by molar-refractivity contribution is 6.06. The van der Waals surface area contributed by atoms with Crippen molar-refractivity contribution in [3.63, 3.8) is 0 Å². The van der Waals surface area contributed by atoms with Crippen LogP contribution in [-0.4, -0.2) is 44.6 Å². The van der Waals surface area contributed by atoms with E-state index in [4.69, 9.17) is 4.52 Å². The van der Waals surface area contributed by atoms with Crippen LogP contribution in [0.15, 0.2) is 10.6 Å². The van der Waals surface area contributed by atoms with Crippen LogP contribution in [-0.2, 0) is 4.79 Å². The SMILES string of the molecule is Cc1noc2nc(C3CC3)cc(C(=O)N3CC4(CCC4)CC3CC(=O)O)c12. The minimum atomic E-state index is -0.853. The van der Waals surface area contributed by atoms with Gasteiger partial charge in [0.25, 0.3) is 11.6 Å². The first kappa shape index (κ1) is 16.7. The van der Waals surface area contributed by atoms with Gasteiger partial charge < -0.3 is 14.5 Å². The zero-order chi connectivity index (χ0) is 18.8. The molecule has 142 valence electrons. The summed E-state index contributed by atoms with van der Waals surface area (Å²) in [5, 5.41) is 14.0. The quantitative estimate of drug-likeness (QED) is 0.888. The Labute approximate surface area is 156 Å². The second kappa shape index (κ2) is 5.78. The maximum absolute atomic E-state index is 13.6. The van der Waals surface area contributed by atoms with Crippen LogP contribution >= 0.6 is 0 Å². The summed E-state index contributed by atoms with van der Waals surface area (Å²) in [6, 6.07) is 1.64. The molecule has 5 rings (SSSR count). The van der Waals surface area contributed by atoms with E-state index >= 15 is 0 Å². The van der Waals surface area contributed by atoms with E-state index in [1.165, 1.54) is 0 Å². The Kier molecular flexibility index (Phi) is 3.58. The molecule has 1 aliphatic heterocycles. The molecule has 7 heteroatoms. The summed E-state index contributed by atoms with van der Waals surface area (Å²) < 4.78 is 5.36. The van der Waals surface area contributed by atoms with Crippen molar-refractivity contribution in [3.8, 4) is 0 Å². The molecule has 3 fully saturated rings. The average Bonchev–Trinajstić information content (AvgIpc) is 3.29. The van der Waals surface area contributed by atoms with Crippen LogP contribution < -0.4 is 0 Å². The molecule has 1 atom stereocenters. The molecule has 2 aliphatic carbocycles. The fourth-order valence-electron chi connectivity index (χ4n) is 4.85. The number of carbonyl (C=O) groups is 2. The smallest absolute Gasteiger partial charge is 0.305 e. The van der Waals surface area contributed by atoms with Crippen molar-refractivity contribution in [2.45, 2.75) is 63.8 Å². The normalized spacial score (nSPS) is 23.7. The van der Waals surface area contributed by atoms with Gasteiger partial charge >= 0.3 is 5.97 Å². The first-order valence-electron chi connectivity index (χ1n) is 9.75. The number of nitrogens with zero attached hydrogens (tertiary/aromatic N) is 3. The molecule has 27 heavy (non-hydrogen) atoms. The molecule has 0 radical (unpaired) electrons. The molecular formula is C20H23N3O4. The Bertz CT molecular complexity index is 942. The van der Waals surface area contributed by atoms with E-state index in [1.54, 1.807) is 4.90 Å². The van der Waals surface area contributed by atoms with Crippen molar-refractivity contribution in [2.75, 3.05) is 6.54 Å². The van der Waals surface area contributed by atoms with Crippen molar-refractivity contribution < 1.29 is 19.2 Å². The van der Waals surface area contributed by atoms with E-state index in [1.807, 2.05) is 13.0 Å². The van der Waals surface area contributed by atoms with E-state index < -0.39 is 5.97 Å². The van der Waals surface area contributed by atoms with E-state index in [-0.39, 0.29) is 23.8 Å². The summed E-state index contributed by atoms with van der Waals surface area (Å²) in [6.07, 6.45) is 6.27. The third-order valence-corrected chi connectivity index (χ3v) is 6.56. The molecule has 2 saturated carbocycles. The van der Waals surface area contributed by atoms with Crippen LogP contribution in [0.1, 0.15) is 72.6 Å². The molecular weight excluding hydrogens is 346 g/mol. The largest absolute Gasteiger partial charge is 0.481 e. The molecule has 1 unspecified atom stereocenters. The van der Waals surface area contributed by atoms with Gasteiger partial charge in [-0.15, -0.1) is 0 Å². The van der Waals surface area contributed by atoms with Crippen LogP contribution in [0.4, 0.5) is 0 Å². The standard InChI is InChI=1S/C20H23N3O4/c1-11-17-14(8-15(12-3-4-12)21-18(17)27-22-11)19(26)23-10-20(5-2-6-20)9-13(23)7-16(24)25/h8,12-13H,2-7,9-10H2,1H3,(H,24,25). The number of pyridine rings is 1. The molecule has 2 aromatic heterocycles. The van der Waals surface area contributed by atoms with E-state index in [2.05, 4.69) is 10.1 Å². The third-order valence-electron chi connectivity index (χ3n) is 6.56. The lowest BCUT2D eigenvalue weighted by Gasteiger charge is -2.37. The lowest BCUT2D eigenvalue weighted by atomic mass is 9.67. The van der Waals surface area contributed by atoms with Gasteiger partial charge in [0.05, 0.1) is 23.1 Å². The number of likely N-dealkylation sites (tertiary alicyclic amines) is 1. The van der Waals surface area contributed by atoms with E-state index in [0.29, 0.717) is 34.8 Å². The number of hydrogen-bond acceptors (Lipinski definition) is 5. The third kappa shape index (κ3) is 2.71. The molecule has 0 bridgehead atoms. The summed E-state index contributed by atoms with van der Waals surface area (Å²) in [4.78, 5) is 31.3.